The van der Waals surface area contributed by atoms with Crippen molar-refractivity contribution in [3.05, 3.63) is 0 Å². The van der Waals surface area contributed by atoms with Gasteiger partial charge in [0, 0.05) is 25.7 Å². The summed E-state index contributed by atoms with van der Waals surface area (Å²) in [5.74, 6) is -0.615. The van der Waals surface area contributed by atoms with Gasteiger partial charge in [-0.3, -0.25) is 37.3 Å². The molecular weight excluding hydrogens is 1280 g/mol. The van der Waals surface area contributed by atoms with E-state index in [1.807, 2.05) is 0 Å². The Morgan fingerprint density at radius 2 is 0.469 bits per heavy atom. The van der Waals surface area contributed by atoms with Gasteiger partial charge in [-0.25, -0.2) is 9.13 Å². The van der Waals surface area contributed by atoms with E-state index in [1.54, 1.807) is 0 Å². The third-order valence-corrected chi connectivity index (χ3v) is 20.4. The van der Waals surface area contributed by atoms with Gasteiger partial charge in [0.05, 0.1) is 26.4 Å². The number of unbranched alkanes of at least 4 members (excludes halogenated alkanes) is 48. The Morgan fingerprint density at radius 3 is 0.694 bits per heavy atom. The lowest BCUT2D eigenvalue weighted by atomic mass is 10.0. The first-order chi connectivity index (χ1) is 47.4. The number of aliphatic hydroxyl groups excluding tert-OH is 1. The molecule has 0 saturated heterocycles. The average Bonchev–Trinajstić information content (AvgIpc) is 0.964. The van der Waals surface area contributed by atoms with Crippen LogP contribution >= 0.6 is 15.6 Å². The molecule has 0 aromatic rings. The van der Waals surface area contributed by atoms with E-state index < -0.39 is 97.5 Å². The molecule has 0 aromatic heterocycles. The normalized spacial score (nSPS) is 13.9. The van der Waals surface area contributed by atoms with E-state index in [2.05, 4.69) is 41.5 Å². The standard InChI is InChI=1S/C79H154O17P2/c1-7-9-11-13-15-17-19-20-21-22-23-24-25-26-27-28-29-34-38-45-51-57-63-78(83)95-74(67-90-77(82)62-56-50-44-37-33-31-30-32-35-41-47-53-59-71(3)4)69-93-97(85,86)91-65-73(80)66-92-98(87,88)94-70-75(68-89-76(81)61-55-49-43-36-18-16-14-12-10-8-2)96-79(84)64-58-52-46-40-39-42-48-54-60-72(5)6/h71-75,80H,7-70H2,1-6H3,(H,85,86)(H,87,88)/t73-,74-,75-/m1/s1. The maximum atomic E-state index is 13.1. The second kappa shape index (κ2) is 70.7. The maximum Gasteiger partial charge on any atom is 0.472 e. The summed E-state index contributed by atoms with van der Waals surface area (Å²) >= 11 is 0. The quantitative estimate of drug-likeness (QED) is 0.0222. The molecule has 3 N–H and O–H groups in total. The SMILES string of the molecule is CCCCCCCCCCCCCCCCCCCCCCCCC(=O)O[C@H](COC(=O)CCCCCCCCCCCCCCC(C)C)COP(=O)(O)OC[C@@H](O)COP(=O)(O)OC[C@@H](COC(=O)CCCCCCCCCCCC)OC(=O)CCCCCCCCCCC(C)C. The molecule has 19 heteroatoms. The molecule has 0 aliphatic heterocycles. The molecule has 98 heavy (non-hydrogen) atoms. The number of hydrogen-bond acceptors (Lipinski definition) is 15. The van der Waals surface area contributed by atoms with Crippen molar-refractivity contribution in [1.29, 1.82) is 0 Å². The van der Waals surface area contributed by atoms with Crippen LogP contribution in [0.3, 0.4) is 0 Å². The van der Waals surface area contributed by atoms with Gasteiger partial charge in [0.15, 0.2) is 12.2 Å². The number of hydrogen-bond donors (Lipinski definition) is 3. The first-order valence-corrected chi connectivity index (χ1v) is 44.0. The van der Waals surface area contributed by atoms with Gasteiger partial charge in [0.1, 0.15) is 19.3 Å². The molecular formula is C79H154O17P2. The van der Waals surface area contributed by atoms with Gasteiger partial charge >= 0.3 is 39.5 Å². The molecule has 0 amide bonds. The smallest absolute Gasteiger partial charge is 0.462 e. The zero-order chi connectivity index (χ0) is 72.1. The van der Waals surface area contributed by atoms with Gasteiger partial charge < -0.3 is 33.8 Å². The fraction of sp³-hybridized carbons (Fsp3) is 0.949. The summed E-state index contributed by atoms with van der Waals surface area (Å²) in [5, 5.41) is 10.6. The van der Waals surface area contributed by atoms with E-state index >= 15 is 0 Å². The minimum Gasteiger partial charge on any atom is -0.462 e. The number of carbonyl (C=O) groups excluding carboxylic acids is 4. The van der Waals surface area contributed by atoms with Gasteiger partial charge in [-0.15, -0.1) is 0 Å². The molecule has 5 atom stereocenters. The summed E-state index contributed by atoms with van der Waals surface area (Å²) in [5.41, 5.74) is 0. The number of carbonyl (C=O) groups is 4. The van der Waals surface area contributed by atoms with Crippen LogP contribution in [0.2, 0.25) is 0 Å². The molecule has 0 aliphatic rings. The Hall–Kier alpha value is -1.94. The van der Waals surface area contributed by atoms with Crippen molar-refractivity contribution >= 4 is 39.5 Å². The predicted molar refractivity (Wildman–Crippen MR) is 400 cm³/mol. The topological polar surface area (TPSA) is 237 Å². The van der Waals surface area contributed by atoms with E-state index in [4.69, 9.17) is 37.0 Å². The summed E-state index contributed by atoms with van der Waals surface area (Å²) < 4.78 is 68.6. The highest BCUT2D eigenvalue weighted by atomic mass is 31.2. The molecule has 0 aliphatic carbocycles. The highest BCUT2D eigenvalue weighted by molar-refractivity contribution is 7.47. The Bertz CT molecular complexity index is 1890. The number of phosphoric acid groups is 2. The summed E-state index contributed by atoms with van der Waals surface area (Å²) in [6.45, 7) is 9.57. The molecule has 0 aromatic carbocycles. The highest BCUT2D eigenvalue weighted by Gasteiger charge is 2.30. The van der Waals surface area contributed by atoms with Crippen molar-refractivity contribution in [3.8, 4) is 0 Å². The van der Waals surface area contributed by atoms with Gasteiger partial charge in [-0.2, -0.15) is 0 Å². The minimum atomic E-state index is -4.96. The molecule has 0 fully saturated rings. The van der Waals surface area contributed by atoms with Crippen LogP contribution in [-0.4, -0.2) is 96.7 Å². The van der Waals surface area contributed by atoms with Crippen LogP contribution in [0.1, 0.15) is 414 Å². The van der Waals surface area contributed by atoms with Crippen LogP contribution in [0.25, 0.3) is 0 Å². The second-order valence-corrected chi connectivity index (χ2v) is 32.3. The second-order valence-electron chi connectivity index (χ2n) is 29.4. The number of aliphatic hydroxyl groups is 1. The lowest BCUT2D eigenvalue weighted by molar-refractivity contribution is -0.161. The molecule has 0 heterocycles. The maximum absolute atomic E-state index is 13.1. The molecule has 0 saturated carbocycles. The Balaban J connectivity index is 5.19. The molecule has 0 spiro atoms. The molecule has 582 valence electrons. The lowest BCUT2D eigenvalue weighted by Crippen LogP contribution is -2.30. The van der Waals surface area contributed by atoms with Crippen molar-refractivity contribution < 1.29 is 80.2 Å². The molecule has 2 unspecified atom stereocenters. The first-order valence-electron chi connectivity index (χ1n) is 41.0. The third-order valence-electron chi connectivity index (χ3n) is 18.5. The summed E-state index contributed by atoms with van der Waals surface area (Å²) in [6, 6.07) is 0. The summed E-state index contributed by atoms with van der Waals surface area (Å²) in [4.78, 5) is 72.9. The molecule has 0 radical (unpaired) electrons. The number of phosphoric ester groups is 2. The summed E-state index contributed by atoms with van der Waals surface area (Å²) in [6.07, 6.45) is 59.9. The Kier molecular flexibility index (Phi) is 69.3. The number of ether oxygens (including phenoxy) is 4. The van der Waals surface area contributed by atoms with E-state index in [-0.39, 0.29) is 25.7 Å². The highest BCUT2D eigenvalue weighted by Crippen LogP contribution is 2.45. The van der Waals surface area contributed by atoms with Crippen LogP contribution in [0.4, 0.5) is 0 Å². The van der Waals surface area contributed by atoms with Crippen molar-refractivity contribution in [1.82, 2.24) is 0 Å². The molecule has 17 nitrogen and oxygen atoms in total. The van der Waals surface area contributed by atoms with Crippen LogP contribution in [-0.2, 0) is 65.4 Å². The molecule has 0 bridgehead atoms. The van der Waals surface area contributed by atoms with Crippen LogP contribution in [0.15, 0.2) is 0 Å². The fourth-order valence-electron chi connectivity index (χ4n) is 12.2. The fourth-order valence-corrected chi connectivity index (χ4v) is 13.8. The number of rotatable bonds is 78. The summed E-state index contributed by atoms with van der Waals surface area (Å²) in [7, 11) is -9.91. The number of esters is 4. The average molecular weight is 1440 g/mol. The lowest BCUT2D eigenvalue weighted by Gasteiger charge is -2.21. The Morgan fingerprint density at radius 1 is 0.276 bits per heavy atom. The molecule has 0 rings (SSSR count). The van der Waals surface area contributed by atoms with Crippen LogP contribution in [0.5, 0.6) is 0 Å². The monoisotopic (exact) mass is 1440 g/mol. The van der Waals surface area contributed by atoms with Gasteiger partial charge in [-0.05, 0) is 37.5 Å². The predicted octanol–water partition coefficient (Wildman–Crippen LogP) is 23.5. The van der Waals surface area contributed by atoms with Crippen LogP contribution < -0.4 is 0 Å². The third kappa shape index (κ3) is 72.4. The van der Waals surface area contributed by atoms with Gasteiger partial charge in [0.25, 0.3) is 0 Å². The zero-order valence-electron chi connectivity index (χ0n) is 64.1. The van der Waals surface area contributed by atoms with Crippen molar-refractivity contribution in [2.45, 2.75) is 432 Å². The van der Waals surface area contributed by atoms with Crippen molar-refractivity contribution in [2.24, 2.45) is 11.8 Å². The van der Waals surface area contributed by atoms with Crippen molar-refractivity contribution in [3.63, 3.8) is 0 Å². The van der Waals surface area contributed by atoms with Crippen LogP contribution in [0, 0.1) is 11.8 Å². The Labute approximate surface area is 600 Å². The largest absolute Gasteiger partial charge is 0.472 e. The van der Waals surface area contributed by atoms with Gasteiger partial charge in [0.2, 0.25) is 0 Å². The first kappa shape index (κ1) is 96.1. The van der Waals surface area contributed by atoms with Gasteiger partial charge in [-0.1, -0.05) is 363 Å². The van der Waals surface area contributed by atoms with E-state index in [1.165, 1.54) is 231 Å². The zero-order valence-corrected chi connectivity index (χ0v) is 65.9. The van der Waals surface area contributed by atoms with E-state index in [0.29, 0.717) is 25.7 Å². The minimum absolute atomic E-state index is 0.105. The van der Waals surface area contributed by atoms with E-state index in [0.717, 1.165) is 102 Å². The van der Waals surface area contributed by atoms with E-state index in [9.17, 15) is 43.2 Å². The van der Waals surface area contributed by atoms with Crippen molar-refractivity contribution in [2.75, 3.05) is 39.6 Å².